The fourth-order valence-electron chi connectivity index (χ4n) is 2.50. The second-order valence-electron chi connectivity index (χ2n) is 5.47. The van der Waals surface area contributed by atoms with Crippen LogP contribution in [-0.2, 0) is 0 Å². The van der Waals surface area contributed by atoms with Crippen molar-refractivity contribution in [2.75, 3.05) is 13.1 Å². The molecule has 118 valence electrons. The lowest BCUT2D eigenvalue weighted by Gasteiger charge is -2.27. The molecule has 0 heterocycles. The molecule has 0 aliphatic heterocycles. The van der Waals surface area contributed by atoms with Gasteiger partial charge in [-0.3, -0.25) is 4.67 Å². The summed E-state index contributed by atoms with van der Waals surface area (Å²) in [6, 6.07) is 21.3. The SMILES string of the molecule is C[C@H](NCCN(PO)[C@@H](C)c1ccccc1)c1ccccc1. The number of hydrogen-bond donors (Lipinski definition) is 2. The fraction of sp³-hybridized carbons (Fsp3) is 0.333. The van der Waals surface area contributed by atoms with Crippen LogP contribution in [0.2, 0.25) is 0 Å². The van der Waals surface area contributed by atoms with Crippen molar-refractivity contribution in [3.05, 3.63) is 71.8 Å². The predicted octanol–water partition coefficient (Wildman–Crippen LogP) is 3.90. The molecule has 0 aliphatic carbocycles. The Hall–Kier alpha value is -1.25. The van der Waals surface area contributed by atoms with Crippen molar-refractivity contribution in [2.24, 2.45) is 0 Å². The van der Waals surface area contributed by atoms with Crippen molar-refractivity contribution in [3.8, 4) is 0 Å². The third-order valence-electron chi connectivity index (χ3n) is 3.98. The first-order chi connectivity index (χ1) is 10.7. The summed E-state index contributed by atoms with van der Waals surface area (Å²) >= 11 is 0. The topological polar surface area (TPSA) is 35.5 Å². The first-order valence-corrected chi connectivity index (χ1v) is 8.61. The Morgan fingerprint density at radius 2 is 1.50 bits per heavy atom. The Kier molecular flexibility index (Phi) is 7.01. The molecular formula is C18H25N2OP. The lowest BCUT2D eigenvalue weighted by Crippen LogP contribution is -2.30. The van der Waals surface area contributed by atoms with Gasteiger partial charge in [0.25, 0.3) is 0 Å². The van der Waals surface area contributed by atoms with Crippen LogP contribution in [-0.4, -0.2) is 22.7 Å². The molecule has 3 nitrogen and oxygen atoms in total. The highest BCUT2D eigenvalue weighted by molar-refractivity contribution is 7.28. The standard InChI is InChI=1S/C18H25N2OP/c1-15(17-9-5-3-6-10-17)19-13-14-20(22-21)16(2)18-11-7-4-8-12-18/h3-12,15-16,19,21-22H,13-14H2,1-2H3/t15-,16-/m0/s1. The average Bonchev–Trinajstić information content (AvgIpc) is 2.59. The van der Waals surface area contributed by atoms with E-state index in [1.807, 2.05) is 24.3 Å². The van der Waals surface area contributed by atoms with E-state index in [-0.39, 0.29) is 15.0 Å². The lowest BCUT2D eigenvalue weighted by atomic mass is 10.1. The summed E-state index contributed by atoms with van der Waals surface area (Å²) in [4.78, 5) is 9.67. The zero-order valence-electron chi connectivity index (χ0n) is 13.2. The molecule has 4 heteroatoms. The molecule has 0 fully saturated rings. The van der Waals surface area contributed by atoms with Crippen LogP contribution in [0.25, 0.3) is 0 Å². The van der Waals surface area contributed by atoms with E-state index in [1.165, 1.54) is 11.1 Å². The minimum Gasteiger partial charge on any atom is -0.361 e. The van der Waals surface area contributed by atoms with E-state index >= 15 is 0 Å². The maximum Gasteiger partial charge on any atom is 0.0858 e. The Morgan fingerprint density at radius 3 is 2.05 bits per heavy atom. The normalized spacial score (nSPS) is 14.5. The van der Waals surface area contributed by atoms with E-state index in [4.69, 9.17) is 0 Å². The van der Waals surface area contributed by atoms with Crippen molar-refractivity contribution in [2.45, 2.75) is 25.9 Å². The van der Waals surface area contributed by atoms with Crippen LogP contribution >= 0.6 is 8.96 Å². The zero-order chi connectivity index (χ0) is 15.8. The van der Waals surface area contributed by atoms with Gasteiger partial charge >= 0.3 is 0 Å². The van der Waals surface area contributed by atoms with Crippen LogP contribution in [0, 0.1) is 0 Å². The molecule has 0 bridgehead atoms. The van der Waals surface area contributed by atoms with E-state index in [2.05, 4.69) is 60.2 Å². The van der Waals surface area contributed by atoms with E-state index in [9.17, 15) is 4.89 Å². The number of hydrogen-bond acceptors (Lipinski definition) is 3. The van der Waals surface area contributed by atoms with Gasteiger partial charge in [0.2, 0.25) is 0 Å². The summed E-state index contributed by atoms with van der Waals surface area (Å²) in [5.74, 6) is 0. The van der Waals surface area contributed by atoms with Crippen LogP contribution in [0.15, 0.2) is 60.7 Å². The van der Waals surface area contributed by atoms with Crippen LogP contribution in [0.5, 0.6) is 0 Å². The molecule has 1 unspecified atom stereocenters. The van der Waals surface area contributed by atoms with E-state index in [0.717, 1.165) is 13.1 Å². The molecular weight excluding hydrogens is 291 g/mol. The molecule has 2 aromatic carbocycles. The Bertz CT molecular complexity index is 535. The number of nitrogens with zero attached hydrogens (tertiary/aromatic N) is 1. The highest BCUT2D eigenvalue weighted by Crippen LogP contribution is 2.27. The second-order valence-corrected chi connectivity index (χ2v) is 6.24. The van der Waals surface area contributed by atoms with Crippen LogP contribution in [0.1, 0.15) is 37.1 Å². The van der Waals surface area contributed by atoms with Gasteiger partial charge in [-0.2, -0.15) is 0 Å². The van der Waals surface area contributed by atoms with Crippen molar-refractivity contribution >= 4 is 8.96 Å². The van der Waals surface area contributed by atoms with Gasteiger partial charge in [0.15, 0.2) is 0 Å². The van der Waals surface area contributed by atoms with Crippen molar-refractivity contribution in [1.29, 1.82) is 0 Å². The monoisotopic (exact) mass is 316 g/mol. The minimum absolute atomic E-state index is 0.182. The summed E-state index contributed by atoms with van der Waals surface area (Å²) in [6.45, 7) is 5.98. The van der Waals surface area contributed by atoms with Gasteiger partial charge in [0.1, 0.15) is 0 Å². The van der Waals surface area contributed by atoms with E-state index in [0.29, 0.717) is 6.04 Å². The van der Waals surface area contributed by atoms with E-state index < -0.39 is 0 Å². The first kappa shape index (κ1) is 17.1. The summed E-state index contributed by atoms with van der Waals surface area (Å²) in [5, 5.41) is 3.52. The molecule has 2 N–H and O–H groups in total. The van der Waals surface area contributed by atoms with Gasteiger partial charge in [0, 0.05) is 25.2 Å². The zero-order valence-corrected chi connectivity index (χ0v) is 14.2. The first-order valence-electron chi connectivity index (χ1n) is 7.72. The number of rotatable bonds is 8. The third kappa shape index (κ3) is 4.89. The molecule has 0 spiro atoms. The van der Waals surface area contributed by atoms with Gasteiger partial charge in [-0.05, 0) is 25.0 Å². The molecule has 3 atom stereocenters. The van der Waals surface area contributed by atoms with Crippen LogP contribution in [0.3, 0.4) is 0 Å². The van der Waals surface area contributed by atoms with Gasteiger partial charge in [-0.15, -0.1) is 0 Å². The molecule has 22 heavy (non-hydrogen) atoms. The number of nitrogens with one attached hydrogen (secondary N) is 1. The Balaban J connectivity index is 1.84. The van der Waals surface area contributed by atoms with Crippen molar-refractivity contribution in [1.82, 2.24) is 9.99 Å². The summed E-state index contributed by atoms with van der Waals surface area (Å²) < 4.78 is 2.10. The summed E-state index contributed by atoms with van der Waals surface area (Å²) in [6.07, 6.45) is 0. The van der Waals surface area contributed by atoms with Crippen molar-refractivity contribution < 1.29 is 4.89 Å². The predicted molar refractivity (Wildman–Crippen MR) is 95.0 cm³/mol. The molecule has 0 aliphatic rings. The maximum atomic E-state index is 9.67. The third-order valence-corrected chi connectivity index (χ3v) is 4.85. The molecule has 2 rings (SSSR count). The minimum atomic E-state index is -0.182. The molecule has 0 saturated carbocycles. The number of benzene rings is 2. The lowest BCUT2D eigenvalue weighted by molar-refractivity contribution is 0.340. The smallest absolute Gasteiger partial charge is 0.0858 e. The summed E-state index contributed by atoms with van der Waals surface area (Å²) in [5.41, 5.74) is 2.52. The summed E-state index contributed by atoms with van der Waals surface area (Å²) in [7, 11) is -0.182. The fourth-order valence-corrected chi connectivity index (χ4v) is 3.04. The molecule has 0 radical (unpaired) electrons. The highest BCUT2D eigenvalue weighted by atomic mass is 31.1. The Labute approximate surface area is 135 Å². The van der Waals surface area contributed by atoms with Crippen LogP contribution < -0.4 is 5.32 Å². The van der Waals surface area contributed by atoms with Gasteiger partial charge in [-0.1, -0.05) is 60.7 Å². The maximum absolute atomic E-state index is 9.67. The average molecular weight is 316 g/mol. The molecule has 2 aromatic rings. The van der Waals surface area contributed by atoms with Gasteiger partial charge in [-0.25, -0.2) is 0 Å². The van der Waals surface area contributed by atoms with E-state index in [1.54, 1.807) is 0 Å². The van der Waals surface area contributed by atoms with Gasteiger partial charge < -0.3 is 10.2 Å². The highest BCUT2D eigenvalue weighted by Gasteiger charge is 2.15. The van der Waals surface area contributed by atoms with Crippen LogP contribution in [0.4, 0.5) is 0 Å². The second kappa shape index (κ2) is 9.02. The molecule has 0 amide bonds. The molecule has 0 aromatic heterocycles. The quantitative estimate of drug-likeness (QED) is 0.725. The Morgan fingerprint density at radius 1 is 0.955 bits per heavy atom. The molecule has 0 saturated heterocycles. The largest absolute Gasteiger partial charge is 0.361 e. The van der Waals surface area contributed by atoms with Gasteiger partial charge in [0.05, 0.1) is 8.96 Å². The van der Waals surface area contributed by atoms with Crippen molar-refractivity contribution in [3.63, 3.8) is 0 Å².